The largest absolute Gasteiger partial charge is 0.349 e. The van der Waals surface area contributed by atoms with Gasteiger partial charge in [-0.05, 0) is 35.0 Å². The number of rotatable bonds is 6. The van der Waals surface area contributed by atoms with Gasteiger partial charge in [-0.1, -0.05) is 30.3 Å². The maximum Gasteiger partial charge on any atom is 0.286 e. The van der Waals surface area contributed by atoms with Crippen LogP contribution in [0.2, 0.25) is 0 Å². The van der Waals surface area contributed by atoms with E-state index >= 15 is 0 Å². The first-order valence-electron chi connectivity index (χ1n) is 7.72. The highest BCUT2D eigenvalue weighted by Crippen LogP contribution is 2.26. The number of nitrogens with one attached hydrogen (secondary N) is 1. The Morgan fingerprint density at radius 2 is 1.73 bits per heavy atom. The Bertz CT molecular complexity index is 1090. The highest BCUT2D eigenvalue weighted by Gasteiger charge is 2.24. The number of hydrogen-bond donors (Lipinski definition) is 1. The monoisotopic (exact) mass is 402 g/mol. The van der Waals surface area contributed by atoms with Crippen molar-refractivity contribution in [2.24, 2.45) is 0 Å². The van der Waals surface area contributed by atoms with Gasteiger partial charge < -0.3 is 5.32 Å². The molecule has 0 spiro atoms. The number of anilines is 1. The minimum atomic E-state index is -3.84. The van der Waals surface area contributed by atoms with Crippen LogP contribution < -0.4 is 5.32 Å². The topological polar surface area (TPSA) is 76.9 Å². The predicted molar refractivity (Wildman–Crippen MR) is 104 cm³/mol. The fraction of sp³-hybridized carbons (Fsp3) is 0.0588. The van der Waals surface area contributed by atoms with Gasteiger partial charge in [-0.15, -0.1) is 31.9 Å². The van der Waals surface area contributed by atoms with Gasteiger partial charge in [-0.2, -0.15) is 13.4 Å². The lowest BCUT2D eigenvalue weighted by Gasteiger charge is -2.08. The summed E-state index contributed by atoms with van der Waals surface area (Å²) in [6.07, 6.45) is 0. The van der Waals surface area contributed by atoms with E-state index in [0.717, 1.165) is 13.8 Å². The van der Waals surface area contributed by atoms with Gasteiger partial charge in [0.2, 0.25) is 5.95 Å². The lowest BCUT2D eigenvalue weighted by Crippen LogP contribution is -2.18. The van der Waals surface area contributed by atoms with Crippen molar-refractivity contribution < 1.29 is 8.42 Å². The zero-order valence-corrected chi connectivity index (χ0v) is 15.9. The third kappa shape index (κ3) is 3.28. The van der Waals surface area contributed by atoms with E-state index in [1.807, 2.05) is 35.0 Å². The molecule has 0 unspecified atom stereocenters. The molecule has 0 aliphatic carbocycles. The van der Waals surface area contributed by atoms with Gasteiger partial charge in [0.05, 0.1) is 16.3 Å². The average molecular weight is 403 g/mol. The van der Waals surface area contributed by atoms with Crippen LogP contribution in [0.5, 0.6) is 0 Å². The lowest BCUT2D eigenvalue weighted by molar-refractivity contribution is 0.581. The van der Waals surface area contributed by atoms with Gasteiger partial charge in [0, 0.05) is 4.88 Å². The Morgan fingerprint density at radius 1 is 0.962 bits per heavy atom. The van der Waals surface area contributed by atoms with Gasteiger partial charge in [0.15, 0.2) is 5.82 Å². The molecule has 0 atom stereocenters. The van der Waals surface area contributed by atoms with Crippen LogP contribution in [0.4, 0.5) is 5.95 Å². The van der Waals surface area contributed by atoms with E-state index in [-0.39, 0.29) is 10.8 Å². The molecule has 0 aliphatic rings. The van der Waals surface area contributed by atoms with Crippen LogP contribution in [-0.4, -0.2) is 22.6 Å². The number of nitrogens with zero attached hydrogens (tertiary/aromatic N) is 3. The van der Waals surface area contributed by atoms with Crippen molar-refractivity contribution in [1.29, 1.82) is 0 Å². The van der Waals surface area contributed by atoms with Crippen molar-refractivity contribution in [1.82, 2.24) is 14.2 Å². The van der Waals surface area contributed by atoms with Crippen LogP contribution in [0.15, 0.2) is 70.3 Å². The Balaban J connectivity index is 1.76. The van der Waals surface area contributed by atoms with Gasteiger partial charge in [-0.25, -0.2) is 0 Å². The minimum absolute atomic E-state index is 0.168. The van der Waals surface area contributed by atoms with Crippen LogP contribution in [0, 0.1) is 0 Å². The van der Waals surface area contributed by atoms with E-state index in [0.29, 0.717) is 12.4 Å². The van der Waals surface area contributed by atoms with Gasteiger partial charge >= 0.3 is 0 Å². The molecule has 0 saturated heterocycles. The minimum Gasteiger partial charge on any atom is -0.349 e. The highest BCUT2D eigenvalue weighted by atomic mass is 32.2. The Labute approximate surface area is 158 Å². The second-order valence-electron chi connectivity index (χ2n) is 5.33. The molecule has 0 bridgehead atoms. The number of benzene rings is 1. The third-order valence-electron chi connectivity index (χ3n) is 3.59. The molecule has 132 valence electrons. The summed E-state index contributed by atoms with van der Waals surface area (Å²) in [6.45, 7) is 0.477. The van der Waals surface area contributed by atoms with E-state index < -0.39 is 10.0 Å². The number of hydrogen-bond acceptors (Lipinski definition) is 7. The summed E-state index contributed by atoms with van der Waals surface area (Å²) in [5.74, 6) is 0.582. The molecule has 0 amide bonds. The molecular formula is C17H14N4O2S3. The summed E-state index contributed by atoms with van der Waals surface area (Å²) in [6, 6.07) is 15.9. The van der Waals surface area contributed by atoms with Gasteiger partial charge in [-0.3, -0.25) is 0 Å². The summed E-state index contributed by atoms with van der Waals surface area (Å²) in [7, 11) is -3.84. The third-order valence-corrected chi connectivity index (χ3v) is 6.91. The molecule has 1 N–H and O–H groups in total. The van der Waals surface area contributed by atoms with Crippen molar-refractivity contribution in [2.45, 2.75) is 11.4 Å². The molecule has 26 heavy (non-hydrogen) atoms. The second-order valence-corrected chi connectivity index (χ2v) is 9.08. The van der Waals surface area contributed by atoms with Crippen molar-refractivity contribution in [2.75, 3.05) is 5.32 Å². The van der Waals surface area contributed by atoms with Gasteiger partial charge in [0.1, 0.15) is 0 Å². The van der Waals surface area contributed by atoms with Gasteiger partial charge in [0.25, 0.3) is 10.0 Å². The van der Waals surface area contributed by atoms with Crippen molar-refractivity contribution in [3.05, 3.63) is 70.2 Å². The Morgan fingerprint density at radius 3 is 2.42 bits per heavy atom. The lowest BCUT2D eigenvalue weighted by atomic mass is 10.4. The van der Waals surface area contributed by atoms with E-state index in [9.17, 15) is 8.42 Å². The molecule has 1 aromatic carbocycles. The first-order chi connectivity index (χ1) is 12.6. The summed E-state index contributed by atoms with van der Waals surface area (Å²) in [5, 5.41) is 11.2. The normalized spacial score (nSPS) is 11.5. The van der Waals surface area contributed by atoms with Crippen molar-refractivity contribution >= 4 is 38.6 Å². The fourth-order valence-electron chi connectivity index (χ4n) is 2.36. The molecule has 9 heteroatoms. The summed E-state index contributed by atoms with van der Waals surface area (Å²) >= 11 is 3.05. The summed E-state index contributed by atoms with van der Waals surface area (Å²) in [4.78, 5) is 6.48. The average Bonchev–Trinajstić information content (AvgIpc) is 3.41. The second kappa shape index (κ2) is 7.02. The fourth-order valence-corrected chi connectivity index (χ4v) is 4.87. The SMILES string of the molecule is O=S(=O)(c1ccccc1)n1nc(-c2cccs2)nc1NCc1cccs1. The predicted octanol–water partition coefficient (Wildman–Crippen LogP) is 3.92. The van der Waals surface area contributed by atoms with Crippen LogP contribution in [-0.2, 0) is 16.6 Å². The van der Waals surface area contributed by atoms with Crippen LogP contribution >= 0.6 is 22.7 Å². The maximum atomic E-state index is 13.0. The zero-order valence-electron chi connectivity index (χ0n) is 13.4. The smallest absolute Gasteiger partial charge is 0.286 e. The first-order valence-corrected chi connectivity index (χ1v) is 10.9. The molecule has 4 aromatic rings. The molecule has 3 heterocycles. The van der Waals surface area contributed by atoms with Crippen molar-refractivity contribution in [3.8, 4) is 10.7 Å². The van der Waals surface area contributed by atoms with Crippen LogP contribution in [0.25, 0.3) is 10.7 Å². The van der Waals surface area contributed by atoms with E-state index in [2.05, 4.69) is 15.4 Å². The van der Waals surface area contributed by atoms with Crippen LogP contribution in [0.3, 0.4) is 0 Å². The maximum absolute atomic E-state index is 13.0. The Hall–Kier alpha value is -2.49. The molecule has 4 rings (SSSR count). The molecule has 0 saturated carbocycles. The molecule has 3 aromatic heterocycles. The zero-order chi connectivity index (χ0) is 18.0. The quantitative estimate of drug-likeness (QED) is 0.529. The highest BCUT2D eigenvalue weighted by molar-refractivity contribution is 7.90. The summed E-state index contributed by atoms with van der Waals surface area (Å²) in [5.41, 5.74) is 0. The summed E-state index contributed by atoms with van der Waals surface area (Å²) < 4.78 is 27.0. The molecule has 0 fully saturated rings. The number of thiophene rings is 2. The van der Waals surface area contributed by atoms with Crippen LogP contribution in [0.1, 0.15) is 4.88 Å². The number of aromatic nitrogens is 3. The molecular weight excluding hydrogens is 388 g/mol. The molecule has 0 aliphatic heterocycles. The molecule has 6 nitrogen and oxygen atoms in total. The Kier molecular flexibility index (Phi) is 4.58. The van der Waals surface area contributed by atoms with E-state index in [1.165, 1.54) is 11.3 Å². The van der Waals surface area contributed by atoms with E-state index in [4.69, 9.17) is 0 Å². The molecule has 0 radical (unpaired) electrons. The van der Waals surface area contributed by atoms with E-state index in [1.54, 1.807) is 41.7 Å². The van der Waals surface area contributed by atoms with Crippen molar-refractivity contribution in [3.63, 3.8) is 0 Å². The first kappa shape index (κ1) is 17.0. The standard InChI is InChI=1S/C17H14N4O2S3/c22-26(23,14-7-2-1-3-8-14)21-17(18-12-13-6-4-10-24-13)19-16(20-21)15-9-5-11-25-15/h1-11H,12H2,(H,18,19,20).